The quantitative estimate of drug-likeness (QED) is 0.197. The summed E-state index contributed by atoms with van der Waals surface area (Å²) in [6.07, 6.45) is -3.65. The van der Waals surface area contributed by atoms with Crippen molar-refractivity contribution in [3.05, 3.63) is 89.0 Å². The van der Waals surface area contributed by atoms with Crippen molar-refractivity contribution < 1.29 is 37.3 Å². The summed E-state index contributed by atoms with van der Waals surface area (Å²) in [4.78, 5) is 15.5. The van der Waals surface area contributed by atoms with Gasteiger partial charge in [-0.3, -0.25) is 0 Å². The third-order valence-corrected chi connectivity index (χ3v) is 7.30. The van der Waals surface area contributed by atoms with Crippen LogP contribution in [0, 0.1) is 11.3 Å². The number of halogens is 3. The van der Waals surface area contributed by atoms with Crippen molar-refractivity contribution in [1.29, 1.82) is 5.26 Å². The number of carboxylic acid groups (broad SMARTS) is 1. The zero-order valence-electron chi connectivity index (χ0n) is 24.6. The van der Waals surface area contributed by atoms with Crippen molar-refractivity contribution >= 4 is 11.8 Å². The van der Waals surface area contributed by atoms with E-state index in [9.17, 15) is 28.3 Å². The van der Waals surface area contributed by atoms with Crippen molar-refractivity contribution in [3.63, 3.8) is 0 Å². The van der Waals surface area contributed by atoms with E-state index in [1.165, 1.54) is 23.1 Å². The minimum Gasteiger partial charge on any atom is -0.488 e. The number of hydrogen-bond donors (Lipinski definition) is 1. The monoisotopic (exact) mass is 611 g/mol. The maximum Gasteiger partial charge on any atom is 0.422 e. The van der Waals surface area contributed by atoms with Gasteiger partial charge in [0, 0.05) is 25.7 Å². The molecule has 234 valence electrons. The summed E-state index contributed by atoms with van der Waals surface area (Å²) in [7, 11) is 0. The van der Waals surface area contributed by atoms with Crippen molar-refractivity contribution in [2.24, 2.45) is 0 Å². The number of para-hydroxylation sites is 2. The van der Waals surface area contributed by atoms with Crippen LogP contribution in [0.4, 0.5) is 23.7 Å². The number of hydrogen-bond acceptors (Lipinski definition) is 6. The molecule has 1 N–H and O–H groups in total. The first-order valence-electron chi connectivity index (χ1n) is 14.5. The summed E-state index contributed by atoms with van der Waals surface area (Å²) in [6.45, 7) is 2.96. The molecule has 0 aliphatic carbocycles. The highest BCUT2D eigenvalue weighted by atomic mass is 19.4. The number of benzene rings is 3. The first-order chi connectivity index (χ1) is 21.1. The first-order valence-corrected chi connectivity index (χ1v) is 14.5. The molecule has 8 nitrogen and oxygen atoms in total. The molecule has 0 bridgehead atoms. The minimum absolute atomic E-state index is 0.0136. The molecule has 1 atom stereocenters. The van der Waals surface area contributed by atoms with Crippen molar-refractivity contribution in [1.82, 2.24) is 4.90 Å². The number of anilines is 1. The Morgan fingerprint density at radius 1 is 1.05 bits per heavy atom. The zero-order chi connectivity index (χ0) is 31.5. The molecule has 1 heterocycles. The van der Waals surface area contributed by atoms with Gasteiger partial charge in [-0.1, -0.05) is 48.5 Å². The average Bonchev–Trinajstić information content (AvgIpc) is 3.40. The number of nitrogens with zero attached hydrogens (tertiary/aromatic N) is 3. The lowest BCUT2D eigenvalue weighted by molar-refractivity contribution is -0.153. The van der Waals surface area contributed by atoms with E-state index < -0.39 is 24.9 Å². The van der Waals surface area contributed by atoms with Crippen LogP contribution in [0.15, 0.2) is 66.7 Å². The van der Waals surface area contributed by atoms with E-state index in [2.05, 4.69) is 11.0 Å². The molecule has 0 spiro atoms. The highest BCUT2D eigenvalue weighted by molar-refractivity contribution is 5.69. The Bertz CT molecular complexity index is 1430. The highest BCUT2D eigenvalue weighted by Crippen LogP contribution is 2.34. The smallest absolute Gasteiger partial charge is 0.422 e. The lowest BCUT2D eigenvalue weighted by Crippen LogP contribution is -2.41. The summed E-state index contributed by atoms with van der Waals surface area (Å²) in [6, 6.07) is 21.7. The lowest BCUT2D eigenvalue weighted by atomic mass is 9.98. The van der Waals surface area contributed by atoms with Gasteiger partial charge in [0.15, 0.2) is 18.1 Å². The second-order valence-corrected chi connectivity index (χ2v) is 10.6. The van der Waals surface area contributed by atoms with Gasteiger partial charge in [-0.05, 0) is 61.1 Å². The fourth-order valence-electron chi connectivity index (χ4n) is 5.30. The van der Waals surface area contributed by atoms with E-state index >= 15 is 0 Å². The molecule has 3 aromatic carbocycles. The molecule has 11 heteroatoms. The molecule has 1 unspecified atom stereocenters. The summed E-state index contributed by atoms with van der Waals surface area (Å²) in [5.74, 6) is 0.0232. The van der Waals surface area contributed by atoms with E-state index in [0.29, 0.717) is 25.2 Å². The van der Waals surface area contributed by atoms with Gasteiger partial charge in [0.05, 0.1) is 24.4 Å². The fraction of sp³-hybridized carbons (Fsp3) is 0.394. The number of fused-ring (bicyclic) bond motifs is 1. The third-order valence-electron chi connectivity index (χ3n) is 7.30. The van der Waals surface area contributed by atoms with E-state index in [4.69, 9.17) is 14.2 Å². The minimum atomic E-state index is -4.50. The predicted octanol–water partition coefficient (Wildman–Crippen LogP) is 6.46. The Morgan fingerprint density at radius 2 is 1.75 bits per heavy atom. The van der Waals surface area contributed by atoms with Crippen LogP contribution in [0.1, 0.15) is 35.6 Å². The largest absolute Gasteiger partial charge is 0.488 e. The number of rotatable bonds is 15. The second kappa shape index (κ2) is 15.3. The average molecular weight is 612 g/mol. The second-order valence-electron chi connectivity index (χ2n) is 10.6. The maximum absolute atomic E-state index is 12.6. The van der Waals surface area contributed by atoms with Crippen molar-refractivity contribution in [2.45, 2.75) is 45.0 Å². The summed E-state index contributed by atoms with van der Waals surface area (Å²) < 4.78 is 54.0. The Hall–Kier alpha value is -4.43. The van der Waals surface area contributed by atoms with Gasteiger partial charge in [0.2, 0.25) is 0 Å². The van der Waals surface area contributed by atoms with Crippen molar-refractivity contribution in [3.8, 4) is 17.6 Å². The highest BCUT2D eigenvalue weighted by Gasteiger charge is 2.29. The van der Waals surface area contributed by atoms with E-state index in [0.717, 1.165) is 48.3 Å². The lowest BCUT2D eigenvalue weighted by Gasteiger charge is -2.27. The SMILES string of the molecule is CC(Cc1cc(C#N)c2c(c1)CCN2CCCOCc1ccccc1)N(CCOc1ccccc1OCC(F)(F)F)C(=O)O. The molecular weight excluding hydrogens is 575 g/mol. The molecule has 1 aliphatic heterocycles. The molecule has 0 saturated heterocycles. The maximum atomic E-state index is 12.6. The van der Waals surface area contributed by atoms with Gasteiger partial charge in [-0.25, -0.2) is 4.79 Å². The molecular formula is C33H36F3N3O5. The summed E-state index contributed by atoms with van der Waals surface area (Å²) >= 11 is 0. The predicted molar refractivity (Wildman–Crippen MR) is 159 cm³/mol. The molecule has 3 aromatic rings. The number of amides is 1. The van der Waals surface area contributed by atoms with Gasteiger partial charge in [0.25, 0.3) is 0 Å². The Kier molecular flexibility index (Phi) is 11.3. The van der Waals surface area contributed by atoms with E-state index in [1.807, 2.05) is 42.5 Å². The summed E-state index contributed by atoms with van der Waals surface area (Å²) in [5.41, 5.74) is 4.55. The molecule has 1 aliphatic rings. The third kappa shape index (κ3) is 9.28. The Labute approximate surface area is 255 Å². The normalized spacial score (nSPS) is 13.2. The fourth-order valence-corrected chi connectivity index (χ4v) is 5.30. The Morgan fingerprint density at radius 3 is 2.43 bits per heavy atom. The summed E-state index contributed by atoms with van der Waals surface area (Å²) in [5, 5.41) is 19.8. The first kappa shape index (κ1) is 32.5. The zero-order valence-corrected chi connectivity index (χ0v) is 24.6. The standard InChI is InChI=1S/C33H36F3N3O5/c1-24(39(32(40)41)15-17-43-29-10-5-6-11-30(29)44-23-33(34,35)36)18-26-19-27-12-14-38(31(27)28(20-26)21-37)13-7-16-42-22-25-8-3-2-4-9-25/h2-6,8-11,19-20,24H,7,12-18,22-23H2,1H3,(H,40,41). The van der Waals surface area contributed by atoms with Crippen LogP contribution in [-0.2, 0) is 24.2 Å². The van der Waals surface area contributed by atoms with Crippen LogP contribution in [0.5, 0.6) is 11.5 Å². The van der Waals surface area contributed by atoms with Gasteiger partial charge in [0.1, 0.15) is 12.7 Å². The number of carbonyl (C=O) groups is 1. The van der Waals surface area contributed by atoms with Crippen LogP contribution >= 0.6 is 0 Å². The van der Waals surface area contributed by atoms with Crippen molar-refractivity contribution in [2.75, 3.05) is 44.4 Å². The number of ether oxygens (including phenoxy) is 3. The molecule has 44 heavy (non-hydrogen) atoms. The molecule has 0 fully saturated rings. The van der Waals surface area contributed by atoms with E-state index in [-0.39, 0.29) is 24.7 Å². The Balaban J connectivity index is 1.31. The molecule has 0 radical (unpaired) electrons. The molecule has 0 saturated carbocycles. The van der Waals surface area contributed by atoms with Crippen LogP contribution < -0.4 is 14.4 Å². The van der Waals surface area contributed by atoms with Crippen LogP contribution in [0.3, 0.4) is 0 Å². The number of alkyl halides is 3. The van der Waals surface area contributed by atoms with Crippen LogP contribution in [0.2, 0.25) is 0 Å². The van der Waals surface area contributed by atoms with Gasteiger partial charge in [-0.2, -0.15) is 18.4 Å². The topological polar surface area (TPSA) is 95.3 Å². The van der Waals surface area contributed by atoms with Crippen LogP contribution in [0.25, 0.3) is 0 Å². The molecule has 1 amide bonds. The number of nitriles is 1. The van der Waals surface area contributed by atoms with Gasteiger partial charge < -0.3 is 29.1 Å². The molecule has 0 aromatic heterocycles. The van der Waals surface area contributed by atoms with Gasteiger partial charge in [-0.15, -0.1) is 0 Å². The van der Waals surface area contributed by atoms with E-state index in [1.54, 1.807) is 13.0 Å². The van der Waals surface area contributed by atoms with Gasteiger partial charge >= 0.3 is 12.3 Å². The van der Waals surface area contributed by atoms with Crippen LogP contribution in [-0.4, -0.2) is 67.8 Å². The molecule has 4 rings (SSSR count).